The molecule has 22 heavy (non-hydrogen) atoms. The van der Waals surface area contributed by atoms with Crippen LogP contribution in [0.15, 0.2) is 18.2 Å². The third-order valence-corrected chi connectivity index (χ3v) is 4.00. The molecule has 0 fully saturated rings. The molecular weight excluding hydrogens is 274 g/mol. The number of aliphatic hydroxyl groups excluding tert-OH is 1. The van der Waals surface area contributed by atoms with Crippen LogP contribution < -0.4 is 10.5 Å². The van der Waals surface area contributed by atoms with Gasteiger partial charge in [0.1, 0.15) is 5.75 Å². The summed E-state index contributed by atoms with van der Waals surface area (Å²) in [7, 11) is 0. The van der Waals surface area contributed by atoms with Crippen LogP contribution in [0.4, 0.5) is 0 Å². The maximum absolute atomic E-state index is 10.1. The lowest BCUT2D eigenvalue weighted by molar-refractivity contribution is 0.131. The number of hydrogen-bond donors (Lipinski definition) is 2. The zero-order valence-electron chi connectivity index (χ0n) is 14.9. The summed E-state index contributed by atoms with van der Waals surface area (Å²) in [6.07, 6.45) is 3.00. The van der Waals surface area contributed by atoms with Gasteiger partial charge in [-0.05, 0) is 48.8 Å². The first-order valence-corrected chi connectivity index (χ1v) is 8.49. The molecular formula is C19H33NO2. The van der Waals surface area contributed by atoms with Crippen LogP contribution >= 0.6 is 0 Å². The number of benzene rings is 1. The Kier molecular flexibility index (Phi) is 7.37. The van der Waals surface area contributed by atoms with Crippen molar-refractivity contribution >= 4 is 0 Å². The molecule has 3 N–H and O–H groups in total. The van der Waals surface area contributed by atoms with Crippen LogP contribution in [0.5, 0.6) is 5.75 Å². The van der Waals surface area contributed by atoms with Crippen molar-refractivity contribution in [3.8, 4) is 5.75 Å². The van der Waals surface area contributed by atoms with Crippen molar-refractivity contribution < 1.29 is 9.84 Å². The average Bonchev–Trinajstić information content (AvgIpc) is 2.45. The van der Waals surface area contributed by atoms with Crippen molar-refractivity contribution in [3.05, 3.63) is 29.3 Å². The molecule has 0 aliphatic heterocycles. The van der Waals surface area contributed by atoms with Gasteiger partial charge in [-0.2, -0.15) is 0 Å². The zero-order valence-corrected chi connectivity index (χ0v) is 14.9. The maximum atomic E-state index is 10.1. The first-order valence-electron chi connectivity index (χ1n) is 8.49. The van der Waals surface area contributed by atoms with Gasteiger partial charge in [0.15, 0.2) is 0 Å². The molecule has 1 aromatic rings. The fourth-order valence-electron chi connectivity index (χ4n) is 2.65. The van der Waals surface area contributed by atoms with E-state index >= 15 is 0 Å². The first kappa shape index (κ1) is 19.0. The van der Waals surface area contributed by atoms with Gasteiger partial charge in [0, 0.05) is 6.04 Å². The van der Waals surface area contributed by atoms with Crippen molar-refractivity contribution in [2.24, 2.45) is 5.73 Å². The Morgan fingerprint density at radius 1 is 1.18 bits per heavy atom. The number of ether oxygens (including phenoxy) is 1. The molecule has 0 aliphatic rings. The Balaban J connectivity index is 2.80. The predicted octanol–water partition coefficient (Wildman–Crippen LogP) is 3.80. The summed E-state index contributed by atoms with van der Waals surface area (Å²) in [5.74, 6) is 0.960. The number of rotatable bonds is 8. The Morgan fingerprint density at radius 2 is 1.86 bits per heavy atom. The van der Waals surface area contributed by atoms with E-state index in [0.717, 1.165) is 25.0 Å². The highest BCUT2D eigenvalue weighted by Crippen LogP contribution is 2.32. The van der Waals surface area contributed by atoms with Gasteiger partial charge in [-0.25, -0.2) is 0 Å². The molecule has 2 unspecified atom stereocenters. The van der Waals surface area contributed by atoms with Crippen LogP contribution in [0.1, 0.15) is 65.0 Å². The van der Waals surface area contributed by atoms with Gasteiger partial charge in [-0.15, -0.1) is 0 Å². The molecule has 0 aliphatic carbocycles. The molecule has 0 amide bonds. The fraction of sp³-hybridized carbons (Fsp3) is 0.684. The quantitative estimate of drug-likeness (QED) is 0.768. The van der Waals surface area contributed by atoms with Crippen LogP contribution in [0.3, 0.4) is 0 Å². The van der Waals surface area contributed by atoms with Crippen molar-refractivity contribution in [1.29, 1.82) is 0 Å². The number of hydrogen-bond acceptors (Lipinski definition) is 3. The Hall–Kier alpha value is -1.06. The molecule has 0 saturated heterocycles. The summed E-state index contributed by atoms with van der Waals surface area (Å²) < 4.78 is 5.74. The average molecular weight is 307 g/mol. The summed E-state index contributed by atoms with van der Waals surface area (Å²) >= 11 is 0. The van der Waals surface area contributed by atoms with Gasteiger partial charge < -0.3 is 15.6 Å². The van der Waals surface area contributed by atoms with E-state index in [-0.39, 0.29) is 11.5 Å². The predicted molar refractivity (Wildman–Crippen MR) is 93.5 cm³/mol. The minimum Gasteiger partial charge on any atom is -0.494 e. The SMILES string of the molecule is CCCC(N)C(O)CCc1ccc(OCC)c(C(C)(C)C)c1. The Labute approximate surface area is 135 Å². The van der Waals surface area contributed by atoms with E-state index in [1.165, 1.54) is 11.1 Å². The standard InChI is InChI=1S/C19H33NO2/c1-6-8-16(20)17(21)11-9-14-10-12-18(22-7-2)15(13-14)19(3,4)5/h10,12-13,16-17,21H,6-9,11,20H2,1-5H3. The fourth-order valence-corrected chi connectivity index (χ4v) is 2.65. The highest BCUT2D eigenvalue weighted by Gasteiger charge is 2.20. The van der Waals surface area contributed by atoms with Crippen LogP contribution in [0.2, 0.25) is 0 Å². The van der Waals surface area contributed by atoms with Crippen LogP contribution in [0.25, 0.3) is 0 Å². The third kappa shape index (κ3) is 5.62. The van der Waals surface area contributed by atoms with Gasteiger partial charge in [0.25, 0.3) is 0 Å². The molecule has 0 spiro atoms. The van der Waals surface area contributed by atoms with Crippen molar-refractivity contribution in [2.45, 2.75) is 77.9 Å². The second-order valence-electron chi connectivity index (χ2n) is 7.07. The molecule has 0 heterocycles. The smallest absolute Gasteiger partial charge is 0.123 e. The molecule has 0 bridgehead atoms. The highest BCUT2D eigenvalue weighted by molar-refractivity contribution is 5.41. The lowest BCUT2D eigenvalue weighted by Gasteiger charge is -2.24. The van der Waals surface area contributed by atoms with E-state index in [9.17, 15) is 5.11 Å². The summed E-state index contributed by atoms with van der Waals surface area (Å²) in [6, 6.07) is 6.24. The normalized spacial score (nSPS) is 14.7. The van der Waals surface area contributed by atoms with Crippen LogP contribution in [-0.2, 0) is 11.8 Å². The van der Waals surface area contributed by atoms with Crippen molar-refractivity contribution in [2.75, 3.05) is 6.61 Å². The lowest BCUT2D eigenvalue weighted by atomic mass is 9.84. The molecule has 3 heteroatoms. The van der Waals surface area contributed by atoms with Crippen LogP contribution in [-0.4, -0.2) is 23.9 Å². The summed E-state index contributed by atoms with van der Waals surface area (Å²) in [5, 5.41) is 10.1. The van der Waals surface area contributed by atoms with Gasteiger partial charge in [-0.1, -0.05) is 46.2 Å². The highest BCUT2D eigenvalue weighted by atomic mass is 16.5. The van der Waals surface area contributed by atoms with Crippen molar-refractivity contribution in [3.63, 3.8) is 0 Å². The molecule has 1 aromatic carbocycles. The number of aliphatic hydroxyl groups is 1. The third-order valence-electron chi connectivity index (χ3n) is 4.00. The Bertz CT molecular complexity index is 451. The van der Waals surface area contributed by atoms with Gasteiger partial charge in [0.2, 0.25) is 0 Å². The molecule has 0 saturated carbocycles. The van der Waals surface area contributed by atoms with E-state index in [0.29, 0.717) is 13.0 Å². The van der Waals surface area contributed by atoms with E-state index in [1.54, 1.807) is 0 Å². The monoisotopic (exact) mass is 307 g/mol. The van der Waals surface area contributed by atoms with Crippen LogP contribution in [0, 0.1) is 0 Å². The minimum atomic E-state index is -0.426. The largest absolute Gasteiger partial charge is 0.494 e. The number of nitrogens with two attached hydrogens (primary N) is 1. The molecule has 0 aromatic heterocycles. The summed E-state index contributed by atoms with van der Waals surface area (Å²) in [4.78, 5) is 0. The minimum absolute atomic E-state index is 0.0394. The van der Waals surface area contributed by atoms with Gasteiger partial charge in [-0.3, -0.25) is 0 Å². The van der Waals surface area contributed by atoms with E-state index in [1.807, 2.05) is 6.92 Å². The van der Waals surface area contributed by atoms with E-state index in [4.69, 9.17) is 10.5 Å². The van der Waals surface area contributed by atoms with Gasteiger partial charge >= 0.3 is 0 Å². The first-order chi connectivity index (χ1) is 10.3. The maximum Gasteiger partial charge on any atom is 0.123 e. The molecule has 1 rings (SSSR count). The van der Waals surface area contributed by atoms with E-state index < -0.39 is 6.10 Å². The second kappa shape index (κ2) is 8.54. The summed E-state index contributed by atoms with van der Waals surface area (Å²) in [5.41, 5.74) is 8.48. The second-order valence-corrected chi connectivity index (χ2v) is 7.07. The Morgan fingerprint density at radius 3 is 2.41 bits per heavy atom. The lowest BCUT2D eigenvalue weighted by Crippen LogP contribution is -2.34. The van der Waals surface area contributed by atoms with E-state index in [2.05, 4.69) is 45.9 Å². The molecule has 0 radical (unpaired) electrons. The summed E-state index contributed by atoms with van der Waals surface area (Å²) in [6.45, 7) is 11.4. The molecule has 3 nitrogen and oxygen atoms in total. The molecule has 126 valence electrons. The zero-order chi connectivity index (χ0) is 16.8. The van der Waals surface area contributed by atoms with Crippen molar-refractivity contribution in [1.82, 2.24) is 0 Å². The number of aryl methyl sites for hydroxylation is 1. The van der Waals surface area contributed by atoms with Gasteiger partial charge in [0.05, 0.1) is 12.7 Å². The molecule has 2 atom stereocenters. The topological polar surface area (TPSA) is 55.5 Å².